The average molecular weight is 365 g/mol. The Balaban J connectivity index is 1.63. The van der Waals surface area contributed by atoms with Crippen molar-refractivity contribution in [1.82, 2.24) is 5.32 Å². The number of hydrogen-bond donors (Lipinski definition) is 1. The summed E-state index contributed by atoms with van der Waals surface area (Å²) in [6, 6.07) is 15.4. The van der Waals surface area contributed by atoms with Crippen LogP contribution in [0.1, 0.15) is 28.6 Å². The SMILES string of the molecule is Cc1ccc(CNC(=O)C(C)OC(=O)c2cc(=O)c3ccccc3o2)cc1. The van der Waals surface area contributed by atoms with Crippen LogP contribution in [0.15, 0.2) is 63.8 Å². The van der Waals surface area contributed by atoms with E-state index in [0.717, 1.165) is 17.2 Å². The lowest BCUT2D eigenvalue weighted by Crippen LogP contribution is -2.35. The van der Waals surface area contributed by atoms with E-state index in [1.165, 1.54) is 6.92 Å². The molecule has 1 atom stereocenters. The zero-order valence-corrected chi connectivity index (χ0v) is 15.0. The molecule has 3 aromatic rings. The van der Waals surface area contributed by atoms with Gasteiger partial charge in [0.2, 0.25) is 5.76 Å². The van der Waals surface area contributed by atoms with Crippen LogP contribution >= 0.6 is 0 Å². The van der Waals surface area contributed by atoms with Gasteiger partial charge in [0.15, 0.2) is 11.5 Å². The van der Waals surface area contributed by atoms with Crippen molar-refractivity contribution >= 4 is 22.8 Å². The summed E-state index contributed by atoms with van der Waals surface area (Å²) < 4.78 is 10.5. The number of ether oxygens (including phenoxy) is 1. The Morgan fingerprint density at radius 2 is 1.81 bits per heavy atom. The van der Waals surface area contributed by atoms with Crippen molar-refractivity contribution in [1.29, 1.82) is 0 Å². The van der Waals surface area contributed by atoms with Crippen LogP contribution in [0.3, 0.4) is 0 Å². The minimum atomic E-state index is -1.03. The van der Waals surface area contributed by atoms with Crippen molar-refractivity contribution in [3.05, 3.63) is 81.7 Å². The zero-order valence-electron chi connectivity index (χ0n) is 15.0. The first-order valence-corrected chi connectivity index (χ1v) is 8.51. The maximum Gasteiger partial charge on any atom is 0.375 e. The smallest absolute Gasteiger partial charge is 0.375 e. The monoisotopic (exact) mass is 365 g/mol. The van der Waals surface area contributed by atoms with Gasteiger partial charge in [-0.3, -0.25) is 9.59 Å². The van der Waals surface area contributed by atoms with Gasteiger partial charge < -0.3 is 14.5 Å². The zero-order chi connectivity index (χ0) is 19.4. The Bertz CT molecular complexity index is 1040. The largest absolute Gasteiger partial charge is 0.449 e. The fourth-order valence-corrected chi connectivity index (χ4v) is 2.52. The number of rotatable bonds is 5. The van der Waals surface area contributed by atoms with Crippen LogP contribution in [-0.4, -0.2) is 18.0 Å². The maximum absolute atomic E-state index is 12.2. The van der Waals surface area contributed by atoms with E-state index in [1.54, 1.807) is 24.3 Å². The molecule has 1 amide bonds. The third-order valence-corrected chi connectivity index (χ3v) is 4.08. The van der Waals surface area contributed by atoms with Gasteiger partial charge in [-0.1, -0.05) is 42.0 Å². The van der Waals surface area contributed by atoms with Crippen LogP contribution in [0.4, 0.5) is 0 Å². The van der Waals surface area contributed by atoms with E-state index in [4.69, 9.17) is 9.15 Å². The van der Waals surface area contributed by atoms with Crippen LogP contribution in [-0.2, 0) is 16.1 Å². The second kappa shape index (κ2) is 7.86. The number of aryl methyl sites for hydroxylation is 1. The highest BCUT2D eigenvalue weighted by Crippen LogP contribution is 2.13. The first kappa shape index (κ1) is 18.4. The summed E-state index contributed by atoms with van der Waals surface area (Å²) in [6.45, 7) is 3.77. The second-order valence-corrected chi connectivity index (χ2v) is 6.22. The number of esters is 1. The molecule has 0 saturated carbocycles. The summed E-state index contributed by atoms with van der Waals surface area (Å²) >= 11 is 0. The summed E-state index contributed by atoms with van der Waals surface area (Å²) in [5, 5.41) is 3.08. The normalized spacial score (nSPS) is 11.8. The van der Waals surface area contributed by atoms with E-state index in [0.29, 0.717) is 11.9 Å². The standard InChI is InChI=1S/C21H19NO5/c1-13-7-9-15(10-8-13)12-22-20(24)14(2)26-21(25)19-11-17(23)16-5-3-4-6-18(16)27-19/h3-11,14H,12H2,1-2H3,(H,22,24). The quantitative estimate of drug-likeness (QED) is 0.703. The molecular weight excluding hydrogens is 346 g/mol. The Hall–Kier alpha value is -3.41. The van der Waals surface area contributed by atoms with Crippen molar-refractivity contribution in [2.45, 2.75) is 26.5 Å². The number of fused-ring (bicyclic) bond motifs is 1. The van der Waals surface area contributed by atoms with Gasteiger partial charge in [-0.15, -0.1) is 0 Å². The number of hydrogen-bond acceptors (Lipinski definition) is 5. The van der Waals surface area contributed by atoms with Gasteiger partial charge in [0.25, 0.3) is 5.91 Å². The first-order valence-electron chi connectivity index (χ1n) is 8.51. The predicted molar refractivity (Wildman–Crippen MR) is 100 cm³/mol. The summed E-state index contributed by atoms with van der Waals surface area (Å²) in [7, 11) is 0. The average Bonchev–Trinajstić information content (AvgIpc) is 2.67. The number of carbonyl (C=O) groups is 2. The van der Waals surface area contributed by atoms with Crippen molar-refractivity contribution < 1.29 is 18.7 Å². The molecule has 6 nitrogen and oxygen atoms in total. The molecule has 0 aliphatic carbocycles. The number of carbonyl (C=O) groups excluding carboxylic acids is 2. The van der Waals surface area contributed by atoms with E-state index in [2.05, 4.69) is 5.32 Å². The summed E-state index contributed by atoms with van der Waals surface area (Å²) in [5.74, 6) is -1.54. The van der Waals surface area contributed by atoms with Gasteiger partial charge in [0.05, 0.1) is 5.39 Å². The Morgan fingerprint density at radius 1 is 1.11 bits per heavy atom. The molecule has 1 aromatic heterocycles. The van der Waals surface area contributed by atoms with Crippen molar-refractivity contribution in [2.75, 3.05) is 0 Å². The highest BCUT2D eigenvalue weighted by atomic mass is 16.6. The lowest BCUT2D eigenvalue weighted by Gasteiger charge is -2.13. The molecule has 27 heavy (non-hydrogen) atoms. The third kappa shape index (κ3) is 4.41. The van der Waals surface area contributed by atoms with Crippen LogP contribution in [0.2, 0.25) is 0 Å². The fraction of sp³-hybridized carbons (Fsp3) is 0.190. The molecule has 0 bridgehead atoms. The van der Waals surface area contributed by atoms with Crippen molar-refractivity contribution in [3.63, 3.8) is 0 Å². The molecule has 0 fully saturated rings. The van der Waals surface area contributed by atoms with E-state index >= 15 is 0 Å². The van der Waals surface area contributed by atoms with Gasteiger partial charge >= 0.3 is 5.97 Å². The topological polar surface area (TPSA) is 85.6 Å². The van der Waals surface area contributed by atoms with E-state index in [1.807, 2.05) is 31.2 Å². The van der Waals surface area contributed by atoms with Crippen molar-refractivity contribution in [2.24, 2.45) is 0 Å². The number of para-hydroxylation sites is 1. The van der Waals surface area contributed by atoms with E-state index in [-0.39, 0.29) is 16.8 Å². The molecule has 2 aromatic carbocycles. The van der Waals surface area contributed by atoms with Crippen molar-refractivity contribution in [3.8, 4) is 0 Å². The summed E-state index contributed by atoms with van der Waals surface area (Å²) in [6.07, 6.45) is -1.03. The molecule has 0 aliphatic rings. The van der Waals surface area contributed by atoms with Crippen LogP contribution < -0.4 is 10.7 Å². The molecular formula is C21H19NO5. The van der Waals surface area contributed by atoms with Gasteiger partial charge in [0, 0.05) is 12.6 Å². The van der Waals surface area contributed by atoms with E-state index in [9.17, 15) is 14.4 Å². The minimum Gasteiger partial charge on any atom is -0.449 e. The molecule has 1 N–H and O–H groups in total. The molecule has 138 valence electrons. The molecule has 0 spiro atoms. The van der Waals surface area contributed by atoms with Gasteiger partial charge in [-0.2, -0.15) is 0 Å². The molecule has 0 aliphatic heterocycles. The Morgan fingerprint density at radius 3 is 2.56 bits per heavy atom. The molecule has 0 saturated heterocycles. The minimum absolute atomic E-state index is 0.239. The van der Waals surface area contributed by atoms with Gasteiger partial charge in [-0.05, 0) is 31.5 Å². The van der Waals surface area contributed by atoms with E-state index < -0.39 is 18.0 Å². The fourth-order valence-electron chi connectivity index (χ4n) is 2.52. The molecule has 1 unspecified atom stereocenters. The maximum atomic E-state index is 12.2. The third-order valence-electron chi connectivity index (χ3n) is 4.08. The highest BCUT2D eigenvalue weighted by Gasteiger charge is 2.21. The predicted octanol–water partition coefficient (Wildman–Crippen LogP) is 2.96. The molecule has 1 heterocycles. The lowest BCUT2D eigenvalue weighted by molar-refractivity contribution is -0.129. The molecule has 0 radical (unpaired) electrons. The van der Waals surface area contributed by atoms with Crippen LogP contribution in [0, 0.1) is 6.92 Å². The van der Waals surface area contributed by atoms with Gasteiger partial charge in [-0.25, -0.2) is 4.79 Å². The highest BCUT2D eigenvalue weighted by molar-refractivity contribution is 5.91. The summed E-state index contributed by atoms with van der Waals surface area (Å²) in [4.78, 5) is 36.4. The first-order chi connectivity index (χ1) is 12.9. The van der Waals surface area contributed by atoms with Gasteiger partial charge in [0.1, 0.15) is 5.58 Å². The lowest BCUT2D eigenvalue weighted by atomic mass is 10.1. The second-order valence-electron chi connectivity index (χ2n) is 6.22. The Labute approximate surface area is 155 Å². The number of amides is 1. The summed E-state index contributed by atoms with van der Waals surface area (Å²) in [5.41, 5.74) is 2.01. The number of benzene rings is 2. The number of nitrogens with one attached hydrogen (secondary N) is 1. The molecule has 3 rings (SSSR count). The Kier molecular flexibility index (Phi) is 5.35. The molecule has 6 heteroatoms. The van der Waals surface area contributed by atoms with Crippen LogP contribution in [0.5, 0.6) is 0 Å². The van der Waals surface area contributed by atoms with Crippen LogP contribution in [0.25, 0.3) is 11.0 Å².